The van der Waals surface area contributed by atoms with Crippen molar-refractivity contribution >= 4 is 33.2 Å². The topological polar surface area (TPSA) is 25.8 Å². The summed E-state index contributed by atoms with van der Waals surface area (Å²) in [4.78, 5) is 8.54. The third-order valence-corrected chi connectivity index (χ3v) is 3.87. The maximum Gasteiger partial charge on any atom is 0.124 e. The van der Waals surface area contributed by atoms with Crippen molar-refractivity contribution in [1.29, 1.82) is 0 Å². The minimum atomic E-state index is 0.760. The van der Waals surface area contributed by atoms with Crippen LogP contribution in [0.25, 0.3) is 20.8 Å². The maximum atomic E-state index is 6.12. The van der Waals surface area contributed by atoms with E-state index in [9.17, 15) is 0 Å². The number of halogens is 1. The molecule has 0 aliphatic heterocycles. The Morgan fingerprint density at radius 1 is 1.06 bits per heavy atom. The third kappa shape index (κ3) is 1.58. The standard InChI is InChI=1S/C12H7ClN2S/c13-9-2-1-3-10-11(9)16-12(15-10)8-4-6-14-7-5-8/h1-7H. The van der Waals surface area contributed by atoms with Gasteiger partial charge in [0.15, 0.2) is 0 Å². The second-order valence-corrected chi connectivity index (χ2v) is 4.75. The van der Waals surface area contributed by atoms with Gasteiger partial charge in [-0.15, -0.1) is 11.3 Å². The highest BCUT2D eigenvalue weighted by atomic mass is 35.5. The Balaban J connectivity index is 2.23. The first-order valence-electron chi connectivity index (χ1n) is 4.80. The summed E-state index contributed by atoms with van der Waals surface area (Å²) in [7, 11) is 0. The van der Waals surface area contributed by atoms with E-state index in [4.69, 9.17) is 11.6 Å². The summed E-state index contributed by atoms with van der Waals surface area (Å²) in [5.74, 6) is 0. The van der Waals surface area contributed by atoms with Gasteiger partial charge in [-0.2, -0.15) is 0 Å². The Hall–Kier alpha value is -1.45. The van der Waals surface area contributed by atoms with Gasteiger partial charge in [0.05, 0.1) is 15.2 Å². The van der Waals surface area contributed by atoms with Crippen LogP contribution in [0.5, 0.6) is 0 Å². The fourth-order valence-corrected chi connectivity index (χ4v) is 2.79. The van der Waals surface area contributed by atoms with Gasteiger partial charge in [0, 0.05) is 18.0 Å². The van der Waals surface area contributed by atoms with E-state index < -0.39 is 0 Å². The summed E-state index contributed by atoms with van der Waals surface area (Å²) in [5, 5.41) is 1.74. The van der Waals surface area contributed by atoms with E-state index >= 15 is 0 Å². The van der Waals surface area contributed by atoms with Gasteiger partial charge in [-0.1, -0.05) is 17.7 Å². The van der Waals surface area contributed by atoms with E-state index in [-0.39, 0.29) is 0 Å². The van der Waals surface area contributed by atoms with Crippen molar-refractivity contribution < 1.29 is 0 Å². The van der Waals surface area contributed by atoms with Crippen molar-refractivity contribution in [3.05, 3.63) is 47.7 Å². The van der Waals surface area contributed by atoms with Gasteiger partial charge in [0.2, 0.25) is 0 Å². The van der Waals surface area contributed by atoms with E-state index in [1.54, 1.807) is 23.7 Å². The van der Waals surface area contributed by atoms with E-state index in [0.717, 1.165) is 25.8 Å². The van der Waals surface area contributed by atoms with E-state index in [1.807, 2.05) is 30.3 Å². The molecule has 0 aliphatic carbocycles. The second kappa shape index (κ2) is 3.85. The minimum Gasteiger partial charge on any atom is -0.265 e. The predicted molar refractivity (Wildman–Crippen MR) is 67.9 cm³/mol. The van der Waals surface area contributed by atoms with Crippen LogP contribution in [0, 0.1) is 0 Å². The number of hydrogen-bond donors (Lipinski definition) is 0. The third-order valence-electron chi connectivity index (χ3n) is 2.29. The first-order chi connectivity index (χ1) is 7.84. The SMILES string of the molecule is Clc1cccc2nc(-c3ccncc3)sc12. The van der Waals surface area contributed by atoms with Gasteiger partial charge in [-0.05, 0) is 24.3 Å². The van der Waals surface area contributed by atoms with Gasteiger partial charge in [-0.25, -0.2) is 4.98 Å². The fourth-order valence-electron chi connectivity index (χ4n) is 1.53. The van der Waals surface area contributed by atoms with Crippen molar-refractivity contribution in [2.24, 2.45) is 0 Å². The van der Waals surface area contributed by atoms with E-state index in [1.165, 1.54) is 0 Å². The van der Waals surface area contributed by atoms with Crippen molar-refractivity contribution in [3.8, 4) is 10.6 Å². The molecule has 2 aromatic heterocycles. The van der Waals surface area contributed by atoms with Crippen molar-refractivity contribution in [1.82, 2.24) is 9.97 Å². The second-order valence-electron chi connectivity index (χ2n) is 3.34. The highest BCUT2D eigenvalue weighted by molar-refractivity contribution is 7.22. The highest BCUT2D eigenvalue weighted by Crippen LogP contribution is 2.33. The van der Waals surface area contributed by atoms with Gasteiger partial charge in [0.25, 0.3) is 0 Å². The number of rotatable bonds is 1. The van der Waals surface area contributed by atoms with Crippen molar-refractivity contribution in [2.75, 3.05) is 0 Å². The first-order valence-corrected chi connectivity index (χ1v) is 5.99. The molecule has 0 radical (unpaired) electrons. The smallest absolute Gasteiger partial charge is 0.124 e. The monoisotopic (exact) mass is 246 g/mol. The van der Waals surface area contributed by atoms with Crippen molar-refractivity contribution in [2.45, 2.75) is 0 Å². The average molecular weight is 247 g/mol. The van der Waals surface area contributed by atoms with Crippen LogP contribution in [0.1, 0.15) is 0 Å². The lowest BCUT2D eigenvalue weighted by Crippen LogP contribution is -1.75. The lowest BCUT2D eigenvalue weighted by Gasteiger charge is -1.91. The molecule has 0 saturated heterocycles. The number of aromatic nitrogens is 2. The summed E-state index contributed by atoms with van der Waals surface area (Å²) in [6, 6.07) is 9.68. The molecule has 0 spiro atoms. The molecule has 1 aromatic carbocycles. The van der Waals surface area contributed by atoms with Gasteiger partial charge in [0.1, 0.15) is 5.01 Å². The normalized spacial score (nSPS) is 10.8. The molecule has 0 saturated carbocycles. The fraction of sp³-hybridized carbons (Fsp3) is 0. The predicted octanol–water partition coefficient (Wildman–Crippen LogP) is 4.01. The molecule has 0 atom stereocenters. The molecule has 0 N–H and O–H groups in total. The van der Waals surface area contributed by atoms with Crippen LogP contribution in [0.15, 0.2) is 42.7 Å². The number of nitrogens with zero attached hydrogens (tertiary/aromatic N) is 2. The number of fused-ring (bicyclic) bond motifs is 1. The zero-order valence-corrected chi connectivity index (χ0v) is 9.79. The molecule has 2 heterocycles. The zero-order chi connectivity index (χ0) is 11.0. The van der Waals surface area contributed by atoms with E-state index in [0.29, 0.717) is 0 Å². The Morgan fingerprint density at radius 3 is 2.62 bits per heavy atom. The number of benzene rings is 1. The Kier molecular flexibility index (Phi) is 2.35. The van der Waals surface area contributed by atoms with Crippen LogP contribution in [0.4, 0.5) is 0 Å². The molecular formula is C12H7ClN2S. The maximum absolute atomic E-state index is 6.12. The molecule has 0 aliphatic rings. The van der Waals surface area contributed by atoms with Gasteiger partial charge >= 0.3 is 0 Å². The molecule has 3 aromatic rings. The largest absolute Gasteiger partial charge is 0.265 e. The molecule has 78 valence electrons. The molecule has 3 rings (SSSR count). The van der Waals surface area contributed by atoms with Gasteiger partial charge in [-0.3, -0.25) is 4.98 Å². The average Bonchev–Trinajstić information content (AvgIpc) is 2.76. The molecular weight excluding hydrogens is 240 g/mol. The van der Waals surface area contributed by atoms with Crippen LogP contribution in [0.2, 0.25) is 5.02 Å². The van der Waals surface area contributed by atoms with Crippen LogP contribution < -0.4 is 0 Å². The van der Waals surface area contributed by atoms with Crippen LogP contribution in [-0.2, 0) is 0 Å². The van der Waals surface area contributed by atoms with Crippen LogP contribution in [-0.4, -0.2) is 9.97 Å². The lowest BCUT2D eigenvalue weighted by atomic mass is 10.3. The molecule has 0 fully saturated rings. The van der Waals surface area contributed by atoms with Gasteiger partial charge < -0.3 is 0 Å². The zero-order valence-electron chi connectivity index (χ0n) is 8.22. The molecule has 2 nitrogen and oxygen atoms in total. The summed E-state index contributed by atoms with van der Waals surface area (Å²) in [6.45, 7) is 0. The summed E-state index contributed by atoms with van der Waals surface area (Å²) >= 11 is 7.72. The molecule has 0 amide bonds. The van der Waals surface area contributed by atoms with Crippen LogP contribution >= 0.6 is 22.9 Å². The summed E-state index contributed by atoms with van der Waals surface area (Å²) in [6.07, 6.45) is 3.53. The lowest BCUT2D eigenvalue weighted by molar-refractivity contribution is 1.32. The summed E-state index contributed by atoms with van der Waals surface area (Å²) in [5.41, 5.74) is 2.02. The van der Waals surface area contributed by atoms with Crippen molar-refractivity contribution in [3.63, 3.8) is 0 Å². The number of pyridine rings is 1. The molecule has 16 heavy (non-hydrogen) atoms. The number of thiazole rings is 1. The molecule has 0 unspecified atom stereocenters. The number of hydrogen-bond acceptors (Lipinski definition) is 3. The summed E-state index contributed by atoms with van der Waals surface area (Å²) < 4.78 is 1.04. The quantitative estimate of drug-likeness (QED) is 0.648. The highest BCUT2D eigenvalue weighted by Gasteiger charge is 2.07. The Bertz CT molecular complexity index is 634. The minimum absolute atomic E-state index is 0.760. The Morgan fingerprint density at radius 2 is 1.88 bits per heavy atom. The molecule has 4 heteroatoms. The first kappa shape index (κ1) is 9.75. The Labute approximate surface area is 102 Å². The van der Waals surface area contributed by atoms with Crippen LogP contribution in [0.3, 0.4) is 0 Å². The van der Waals surface area contributed by atoms with E-state index in [2.05, 4.69) is 9.97 Å². The molecule has 0 bridgehead atoms.